The third-order valence-corrected chi connectivity index (χ3v) is 5.20. The van der Waals surface area contributed by atoms with Crippen LogP contribution in [0.2, 0.25) is 0 Å². The number of pyridine rings is 1. The van der Waals surface area contributed by atoms with E-state index < -0.39 is 0 Å². The maximum absolute atomic E-state index is 4.99. The van der Waals surface area contributed by atoms with Crippen LogP contribution in [0.25, 0.3) is 50.4 Å². The molecule has 0 unspecified atom stereocenters. The first-order valence-electron chi connectivity index (χ1n) is 9.57. The van der Waals surface area contributed by atoms with Crippen LogP contribution in [0.15, 0.2) is 97.1 Å². The quantitative estimate of drug-likeness (QED) is 0.388. The Labute approximate surface area is 167 Å². The van der Waals surface area contributed by atoms with E-state index in [2.05, 4.69) is 28.7 Å². The summed E-state index contributed by atoms with van der Waals surface area (Å²) in [6.45, 7) is 0. The van der Waals surface area contributed by atoms with Gasteiger partial charge in [-0.3, -0.25) is 4.40 Å². The molecule has 0 atom stereocenters. The summed E-state index contributed by atoms with van der Waals surface area (Å²) in [5.74, 6) is 0.710. The lowest BCUT2D eigenvalue weighted by Gasteiger charge is -2.11. The molecule has 29 heavy (non-hydrogen) atoms. The average Bonchev–Trinajstić information content (AvgIpc) is 3.18. The fourth-order valence-electron chi connectivity index (χ4n) is 3.85. The molecular weight excluding hydrogens is 356 g/mol. The summed E-state index contributed by atoms with van der Waals surface area (Å²) in [6, 6.07) is 32.7. The van der Waals surface area contributed by atoms with Gasteiger partial charge in [0.2, 0.25) is 0 Å². The van der Waals surface area contributed by atoms with E-state index >= 15 is 0 Å². The van der Waals surface area contributed by atoms with Gasteiger partial charge in [0.15, 0.2) is 11.5 Å². The van der Waals surface area contributed by atoms with E-state index in [-0.39, 0.29) is 0 Å². The van der Waals surface area contributed by atoms with Crippen LogP contribution in [0.1, 0.15) is 0 Å². The zero-order valence-corrected chi connectivity index (χ0v) is 15.5. The normalized spacial score (nSPS) is 11.4. The van der Waals surface area contributed by atoms with Gasteiger partial charge in [0.1, 0.15) is 5.65 Å². The average molecular weight is 372 g/mol. The highest BCUT2D eigenvalue weighted by Crippen LogP contribution is 2.31. The van der Waals surface area contributed by atoms with Gasteiger partial charge in [-0.15, -0.1) is 0 Å². The number of para-hydroxylation sites is 2. The molecule has 0 aliphatic carbocycles. The SMILES string of the molecule is c1ccc(-c2nc(-c3ccccc3)c3ccc4nc5ccccc5n4c3n2)cc1. The lowest BCUT2D eigenvalue weighted by Crippen LogP contribution is -1.99. The Balaban J connectivity index is 1.80. The molecule has 6 rings (SSSR count). The number of hydrogen-bond acceptors (Lipinski definition) is 3. The molecule has 136 valence electrons. The predicted molar refractivity (Wildman–Crippen MR) is 117 cm³/mol. The zero-order chi connectivity index (χ0) is 19.2. The summed E-state index contributed by atoms with van der Waals surface area (Å²) in [6.07, 6.45) is 0. The summed E-state index contributed by atoms with van der Waals surface area (Å²) in [5, 5.41) is 1.01. The van der Waals surface area contributed by atoms with Gasteiger partial charge in [-0.25, -0.2) is 15.0 Å². The van der Waals surface area contributed by atoms with Crippen LogP contribution < -0.4 is 0 Å². The van der Waals surface area contributed by atoms with Crippen LogP contribution in [0.4, 0.5) is 0 Å². The van der Waals surface area contributed by atoms with Crippen LogP contribution in [0.3, 0.4) is 0 Å². The summed E-state index contributed by atoms with van der Waals surface area (Å²) >= 11 is 0. The van der Waals surface area contributed by atoms with E-state index in [4.69, 9.17) is 15.0 Å². The minimum absolute atomic E-state index is 0.710. The van der Waals surface area contributed by atoms with E-state index in [1.165, 1.54) is 0 Å². The van der Waals surface area contributed by atoms with E-state index in [1.807, 2.05) is 72.8 Å². The molecule has 0 saturated heterocycles. The molecule has 4 nitrogen and oxygen atoms in total. The van der Waals surface area contributed by atoms with Crippen LogP contribution in [-0.4, -0.2) is 19.4 Å². The topological polar surface area (TPSA) is 43.1 Å². The lowest BCUT2D eigenvalue weighted by molar-refractivity contribution is 1.16. The Morgan fingerprint density at radius 3 is 2.03 bits per heavy atom. The molecule has 3 aromatic carbocycles. The van der Waals surface area contributed by atoms with Gasteiger partial charge >= 0.3 is 0 Å². The van der Waals surface area contributed by atoms with Gasteiger partial charge in [-0.2, -0.15) is 0 Å². The van der Waals surface area contributed by atoms with Crippen molar-refractivity contribution in [3.8, 4) is 22.6 Å². The van der Waals surface area contributed by atoms with Crippen LogP contribution in [0.5, 0.6) is 0 Å². The first kappa shape index (κ1) is 16.0. The van der Waals surface area contributed by atoms with Crippen LogP contribution in [0, 0.1) is 0 Å². The van der Waals surface area contributed by atoms with Crippen molar-refractivity contribution in [3.63, 3.8) is 0 Å². The molecule has 0 N–H and O–H groups in total. The molecule has 4 heteroatoms. The van der Waals surface area contributed by atoms with E-state index in [0.29, 0.717) is 5.82 Å². The highest BCUT2D eigenvalue weighted by atomic mass is 15.1. The number of hydrogen-bond donors (Lipinski definition) is 0. The number of fused-ring (bicyclic) bond motifs is 5. The zero-order valence-electron chi connectivity index (χ0n) is 15.5. The van der Waals surface area contributed by atoms with Crippen molar-refractivity contribution in [1.82, 2.24) is 19.4 Å². The third kappa shape index (κ3) is 2.50. The second kappa shape index (κ2) is 6.24. The minimum atomic E-state index is 0.710. The van der Waals surface area contributed by atoms with Crippen molar-refractivity contribution in [2.24, 2.45) is 0 Å². The summed E-state index contributed by atoms with van der Waals surface area (Å²) in [7, 11) is 0. The number of aromatic nitrogens is 4. The number of imidazole rings is 1. The molecule has 0 aliphatic heterocycles. The van der Waals surface area contributed by atoms with Crippen molar-refractivity contribution in [1.29, 1.82) is 0 Å². The molecule has 6 aromatic rings. The number of nitrogens with zero attached hydrogens (tertiary/aromatic N) is 4. The molecule has 3 aromatic heterocycles. The fourth-order valence-corrected chi connectivity index (χ4v) is 3.85. The van der Waals surface area contributed by atoms with E-state index in [0.717, 1.165) is 44.5 Å². The van der Waals surface area contributed by atoms with E-state index in [1.54, 1.807) is 0 Å². The van der Waals surface area contributed by atoms with Crippen molar-refractivity contribution in [2.45, 2.75) is 0 Å². The van der Waals surface area contributed by atoms with Crippen LogP contribution >= 0.6 is 0 Å². The standard InChI is InChI=1S/C25H16N4/c1-3-9-17(10-4-1)23-19-15-16-22-26-20-13-7-8-14-21(20)29(22)25(19)28-24(27-23)18-11-5-2-6-12-18/h1-16H. The fraction of sp³-hybridized carbons (Fsp3) is 0. The molecule has 0 saturated carbocycles. The molecule has 0 fully saturated rings. The van der Waals surface area contributed by atoms with Gasteiger partial charge in [0.25, 0.3) is 0 Å². The molecule has 0 spiro atoms. The predicted octanol–water partition coefficient (Wildman–Crippen LogP) is 5.76. The van der Waals surface area contributed by atoms with Crippen molar-refractivity contribution in [3.05, 3.63) is 97.1 Å². The second-order valence-electron chi connectivity index (χ2n) is 6.99. The summed E-state index contributed by atoms with van der Waals surface area (Å²) in [4.78, 5) is 14.7. The summed E-state index contributed by atoms with van der Waals surface area (Å²) < 4.78 is 2.13. The Morgan fingerprint density at radius 1 is 0.552 bits per heavy atom. The lowest BCUT2D eigenvalue weighted by atomic mass is 10.1. The number of benzene rings is 3. The minimum Gasteiger partial charge on any atom is -0.276 e. The highest BCUT2D eigenvalue weighted by molar-refractivity contribution is 5.96. The first-order valence-corrected chi connectivity index (χ1v) is 9.57. The van der Waals surface area contributed by atoms with Crippen molar-refractivity contribution >= 4 is 27.7 Å². The molecule has 3 heterocycles. The van der Waals surface area contributed by atoms with Crippen LogP contribution in [-0.2, 0) is 0 Å². The van der Waals surface area contributed by atoms with Gasteiger partial charge in [0.05, 0.1) is 16.7 Å². The van der Waals surface area contributed by atoms with Gasteiger partial charge in [0, 0.05) is 16.5 Å². The van der Waals surface area contributed by atoms with E-state index in [9.17, 15) is 0 Å². The Morgan fingerprint density at radius 2 is 1.24 bits per heavy atom. The monoisotopic (exact) mass is 372 g/mol. The second-order valence-corrected chi connectivity index (χ2v) is 6.99. The van der Waals surface area contributed by atoms with Crippen molar-refractivity contribution in [2.75, 3.05) is 0 Å². The molecule has 0 bridgehead atoms. The Bertz CT molecular complexity index is 1490. The number of rotatable bonds is 2. The first-order chi connectivity index (χ1) is 14.4. The molecule has 0 aliphatic rings. The maximum Gasteiger partial charge on any atom is 0.162 e. The Hall–Kier alpha value is -4.05. The van der Waals surface area contributed by atoms with Gasteiger partial charge in [-0.1, -0.05) is 72.8 Å². The van der Waals surface area contributed by atoms with Gasteiger partial charge in [-0.05, 0) is 24.3 Å². The summed E-state index contributed by atoms with van der Waals surface area (Å²) in [5.41, 5.74) is 6.74. The molecular formula is C25H16N4. The molecule has 0 radical (unpaired) electrons. The highest BCUT2D eigenvalue weighted by Gasteiger charge is 2.15. The van der Waals surface area contributed by atoms with Gasteiger partial charge < -0.3 is 0 Å². The largest absolute Gasteiger partial charge is 0.276 e. The third-order valence-electron chi connectivity index (χ3n) is 5.20. The maximum atomic E-state index is 4.99. The Kier molecular flexibility index (Phi) is 3.43. The smallest absolute Gasteiger partial charge is 0.162 e. The molecule has 0 amide bonds. The van der Waals surface area contributed by atoms with Crippen molar-refractivity contribution < 1.29 is 0 Å².